The van der Waals surface area contributed by atoms with Crippen LogP contribution in [0.2, 0.25) is 0 Å². The molecule has 0 radical (unpaired) electrons. The van der Waals surface area contributed by atoms with Gasteiger partial charge in [0.25, 0.3) is 6.43 Å². The summed E-state index contributed by atoms with van der Waals surface area (Å²) < 4.78 is 23.7. The fourth-order valence-electron chi connectivity index (χ4n) is 1.49. The number of carbonyl (C=O) groups excluding carboxylic acids is 1. The highest BCUT2D eigenvalue weighted by molar-refractivity contribution is 7.13. The smallest absolute Gasteiger partial charge is 0.255 e. The average Bonchev–Trinajstić information content (AvgIpc) is 2.65. The molecule has 0 atom stereocenters. The average molecular weight is 247 g/mol. The monoisotopic (exact) mass is 247 g/mol. The van der Waals surface area contributed by atoms with Crippen molar-refractivity contribution >= 4 is 22.4 Å². The molecule has 0 unspecified atom stereocenters. The van der Waals surface area contributed by atoms with Gasteiger partial charge in [-0.3, -0.25) is 4.79 Å². The van der Waals surface area contributed by atoms with Crippen LogP contribution in [0.5, 0.6) is 0 Å². The number of nitrogens with zero attached hydrogens (tertiary/aromatic N) is 2. The molecule has 16 heavy (non-hydrogen) atoms. The van der Waals surface area contributed by atoms with E-state index in [0.29, 0.717) is 13.1 Å². The lowest BCUT2D eigenvalue weighted by molar-refractivity contribution is -0.126. The molecule has 1 aromatic rings. The van der Waals surface area contributed by atoms with Gasteiger partial charge in [-0.15, -0.1) is 11.3 Å². The van der Waals surface area contributed by atoms with Gasteiger partial charge in [0.05, 0.1) is 12.5 Å². The summed E-state index contributed by atoms with van der Waals surface area (Å²) in [7, 11) is 0. The molecule has 0 spiro atoms. The molecule has 0 saturated carbocycles. The Morgan fingerprint density at radius 1 is 1.69 bits per heavy atom. The van der Waals surface area contributed by atoms with Gasteiger partial charge in [0.1, 0.15) is 0 Å². The van der Waals surface area contributed by atoms with Gasteiger partial charge in [0, 0.05) is 24.7 Å². The van der Waals surface area contributed by atoms with E-state index < -0.39 is 13.0 Å². The zero-order valence-electron chi connectivity index (χ0n) is 8.40. The molecule has 1 aliphatic heterocycles. The number of halogens is 2. The van der Waals surface area contributed by atoms with E-state index in [2.05, 4.69) is 10.3 Å². The van der Waals surface area contributed by atoms with E-state index in [1.165, 1.54) is 11.3 Å². The molecular weight excluding hydrogens is 236 g/mol. The maximum Gasteiger partial charge on any atom is 0.255 e. The fraction of sp³-hybridized carbons (Fsp3) is 0.556. The summed E-state index contributed by atoms with van der Waals surface area (Å²) >= 11 is 1.50. The molecule has 4 nitrogen and oxygen atoms in total. The molecule has 0 aromatic carbocycles. The SMILES string of the molecule is O=C(NCC(F)F)C1CN(c2nccs2)C1. The van der Waals surface area contributed by atoms with Gasteiger partial charge in [-0.05, 0) is 0 Å². The van der Waals surface area contributed by atoms with Crippen LogP contribution in [0.15, 0.2) is 11.6 Å². The molecule has 1 aromatic heterocycles. The molecule has 1 fully saturated rings. The van der Waals surface area contributed by atoms with Gasteiger partial charge in [0.2, 0.25) is 5.91 Å². The number of hydrogen-bond acceptors (Lipinski definition) is 4. The van der Waals surface area contributed by atoms with Gasteiger partial charge in [-0.1, -0.05) is 0 Å². The van der Waals surface area contributed by atoms with Crippen molar-refractivity contribution in [2.24, 2.45) is 5.92 Å². The lowest BCUT2D eigenvalue weighted by Crippen LogP contribution is -2.54. The van der Waals surface area contributed by atoms with Crippen LogP contribution in [-0.2, 0) is 4.79 Å². The quantitative estimate of drug-likeness (QED) is 0.862. The highest BCUT2D eigenvalue weighted by Gasteiger charge is 2.33. The normalized spacial score (nSPS) is 16.3. The molecule has 1 amide bonds. The first-order valence-electron chi connectivity index (χ1n) is 4.87. The summed E-state index contributed by atoms with van der Waals surface area (Å²) in [6.07, 6.45) is -0.788. The van der Waals surface area contributed by atoms with Gasteiger partial charge in [-0.2, -0.15) is 0 Å². The number of amides is 1. The number of alkyl halides is 2. The van der Waals surface area contributed by atoms with Crippen LogP contribution in [0.1, 0.15) is 0 Å². The Bertz CT molecular complexity index is 352. The standard InChI is InChI=1S/C9H11F2N3OS/c10-7(11)3-13-8(15)6-4-14(5-6)9-12-1-2-16-9/h1-2,6-7H,3-5H2,(H,13,15). The Balaban J connectivity index is 1.74. The highest BCUT2D eigenvalue weighted by Crippen LogP contribution is 2.26. The summed E-state index contributed by atoms with van der Waals surface area (Å²) in [6.45, 7) is 0.553. The summed E-state index contributed by atoms with van der Waals surface area (Å²) in [4.78, 5) is 17.4. The predicted octanol–water partition coefficient (Wildman–Crippen LogP) is 0.961. The maximum atomic E-state index is 11.8. The first-order chi connectivity index (χ1) is 7.66. The molecule has 0 bridgehead atoms. The minimum Gasteiger partial charge on any atom is -0.350 e. The number of thiazole rings is 1. The molecule has 2 rings (SSSR count). The second kappa shape index (κ2) is 4.73. The molecular formula is C9H11F2N3OS. The molecule has 0 aliphatic carbocycles. The van der Waals surface area contributed by atoms with Crippen LogP contribution in [0, 0.1) is 5.92 Å². The second-order valence-corrected chi connectivity index (χ2v) is 4.43. The van der Waals surface area contributed by atoms with Crippen LogP contribution in [0.4, 0.5) is 13.9 Å². The lowest BCUT2D eigenvalue weighted by atomic mass is 10.0. The van der Waals surface area contributed by atoms with E-state index in [9.17, 15) is 13.6 Å². The third-order valence-electron chi connectivity index (χ3n) is 2.37. The van der Waals surface area contributed by atoms with Crippen molar-refractivity contribution in [2.75, 3.05) is 24.5 Å². The van der Waals surface area contributed by atoms with Crippen molar-refractivity contribution in [3.05, 3.63) is 11.6 Å². The summed E-state index contributed by atoms with van der Waals surface area (Å²) in [5, 5.41) is 4.95. The maximum absolute atomic E-state index is 11.8. The zero-order valence-corrected chi connectivity index (χ0v) is 9.21. The van der Waals surface area contributed by atoms with Crippen LogP contribution >= 0.6 is 11.3 Å². The summed E-state index contributed by atoms with van der Waals surface area (Å²) in [6, 6.07) is 0. The zero-order chi connectivity index (χ0) is 11.5. The molecule has 2 heterocycles. The van der Waals surface area contributed by atoms with Crippen molar-refractivity contribution in [1.29, 1.82) is 0 Å². The van der Waals surface area contributed by atoms with Crippen LogP contribution in [0.3, 0.4) is 0 Å². The van der Waals surface area contributed by atoms with E-state index in [1.54, 1.807) is 6.20 Å². The highest BCUT2D eigenvalue weighted by atomic mass is 32.1. The Kier molecular flexibility index (Phi) is 3.33. The third-order valence-corrected chi connectivity index (χ3v) is 3.20. The van der Waals surface area contributed by atoms with Crippen LogP contribution in [-0.4, -0.2) is 37.0 Å². The van der Waals surface area contributed by atoms with E-state index in [0.717, 1.165) is 5.13 Å². The number of aromatic nitrogens is 1. The predicted molar refractivity (Wildman–Crippen MR) is 56.8 cm³/mol. The van der Waals surface area contributed by atoms with E-state index in [-0.39, 0.29) is 11.8 Å². The number of nitrogens with one attached hydrogen (secondary N) is 1. The van der Waals surface area contributed by atoms with Gasteiger partial charge < -0.3 is 10.2 Å². The Labute approximate surface area is 95.3 Å². The summed E-state index contributed by atoms with van der Waals surface area (Å²) in [5.74, 6) is -0.490. The first-order valence-corrected chi connectivity index (χ1v) is 5.75. The molecule has 1 saturated heterocycles. The summed E-state index contributed by atoms with van der Waals surface area (Å²) in [5.41, 5.74) is 0. The lowest BCUT2D eigenvalue weighted by Gasteiger charge is -2.37. The topological polar surface area (TPSA) is 45.2 Å². The second-order valence-electron chi connectivity index (χ2n) is 3.55. The van der Waals surface area contributed by atoms with E-state index in [1.807, 2.05) is 10.3 Å². The third kappa shape index (κ3) is 2.46. The molecule has 7 heteroatoms. The van der Waals surface area contributed by atoms with Crippen molar-refractivity contribution in [2.45, 2.75) is 6.43 Å². The fourth-order valence-corrected chi connectivity index (χ4v) is 2.16. The minimum atomic E-state index is -2.49. The van der Waals surface area contributed by atoms with Crippen molar-refractivity contribution in [1.82, 2.24) is 10.3 Å². The Hall–Kier alpha value is -1.24. The molecule has 1 N–H and O–H groups in total. The number of carbonyl (C=O) groups is 1. The van der Waals surface area contributed by atoms with Crippen molar-refractivity contribution < 1.29 is 13.6 Å². The Morgan fingerprint density at radius 3 is 3.00 bits per heavy atom. The minimum absolute atomic E-state index is 0.192. The van der Waals surface area contributed by atoms with E-state index in [4.69, 9.17) is 0 Å². The molecule has 1 aliphatic rings. The number of hydrogen-bond donors (Lipinski definition) is 1. The Morgan fingerprint density at radius 2 is 2.44 bits per heavy atom. The van der Waals surface area contributed by atoms with E-state index >= 15 is 0 Å². The van der Waals surface area contributed by atoms with Crippen LogP contribution < -0.4 is 10.2 Å². The number of anilines is 1. The van der Waals surface area contributed by atoms with Crippen LogP contribution in [0.25, 0.3) is 0 Å². The van der Waals surface area contributed by atoms with Crippen molar-refractivity contribution in [3.63, 3.8) is 0 Å². The first kappa shape index (κ1) is 11.3. The van der Waals surface area contributed by atoms with Crippen molar-refractivity contribution in [3.8, 4) is 0 Å². The van der Waals surface area contributed by atoms with Gasteiger partial charge >= 0.3 is 0 Å². The largest absolute Gasteiger partial charge is 0.350 e. The van der Waals surface area contributed by atoms with Gasteiger partial charge in [0.15, 0.2) is 5.13 Å². The molecule has 88 valence electrons. The van der Waals surface area contributed by atoms with Gasteiger partial charge in [-0.25, -0.2) is 13.8 Å². The number of rotatable bonds is 4.